The largest absolute Gasteiger partial charge is 0.497 e. The molecule has 0 aliphatic rings. The van der Waals surface area contributed by atoms with E-state index in [1.165, 1.54) is 5.56 Å². The fourth-order valence-corrected chi connectivity index (χ4v) is 2.03. The van der Waals surface area contributed by atoms with Crippen LogP contribution in [0.15, 0.2) is 24.3 Å². The van der Waals surface area contributed by atoms with Crippen LogP contribution in [0.25, 0.3) is 0 Å². The molecule has 0 atom stereocenters. The summed E-state index contributed by atoms with van der Waals surface area (Å²) >= 11 is 0. The van der Waals surface area contributed by atoms with Crippen LogP contribution in [-0.2, 0) is 20.8 Å². The zero-order chi connectivity index (χ0) is 16.8. The third-order valence-corrected chi connectivity index (χ3v) is 3.32. The number of likely N-dealkylation sites (N-methyl/N-ethyl adjacent to an activating group) is 1. The van der Waals surface area contributed by atoms with Gasteiger partial charge in [0.05, 0.1) is 40.1 Å². The van der Waals surface area contributed by atoms with Crippen LogP contribution in [0.4, 0.5) is 0 Å². The van der Waals surface area contributed by atoms with E-state index < -0.39 is 0 Å². The number of benzene rings is 1. The highest BCUT2D eigenvalue weighted by atomic mass is 16.5. The smallest absolute Gasteiger partial charge is 0.118 e. The van der Waals surface area contributed by atoms with Gasteiger partial charge in [-0.05, 0) is 31.2 Å². The van der Waals surface area contributed by atoms with Gasteiger partial charge in [0.2, 0.25) is 0 Å². The standard InChI is InChI=1S/C18H31NO4/c1-4-10-21-12-14-23-15-13-22-11-9-19(2)16-17-5-7-18(20-3)8-6-17/h5-8H,4,9-16H2,1-3H3. The Morgan fingerprint density at radius 1 is 0.826 bits per heavy atom. The zero-order valence-electron chi connectivity index (χ0n) is 14.8. The van der Waals surface area contributed by atoms with Crippen LogP contribution in [-0.4, -0.2) is 65.2 Å². The Kier molecular flexibility index (Phi) is 11.5. The van der Waals surface area contributed by atoms with Gasteiger partial charge in [-0.15, -0.1) is 0 Å². The Hall–Kier alpha value is -1.14. The van der Waals surface area contributed by atoms with Gasteiger partial charge in [0.1, 0.15) is 5.75 Å². The molecule has 0 spiro atoms. The number of methoxy groups -OCH3 is 1. The van der Waals surface area contributed by atoms with Crippen molar-refractivity contribution in [3.05, 3.63) is 29.8 Å². The highest BCUT2D eigenvalue weighted by Crippen LogP contribution is 2.12. The molecule has 0 aliphatic heterocycles. The first-order valence-electron chi connectivity index (χ1n) is 8.31. The van der Waals surface area contributed by atoms with E-state index in [2.05, 4.69) is 31.0 Å². The molecule has 1 aromatic rings. The lowest BCUT2D eigenvalue weighted by molar-refractivity contribution is 0.0114. The Morgan fingerprint density at radius 3 is 1.96 bits per heavy atom. The monoisotopic (exact) mass is 325 g/mol. The number of hydrogen-bond acceptors (Lipinski definition) is 5. The Labute approximate surface area is 140 Å². The van der Waals surface area contributed by atoms with Crippen LogP contribution in [0.1, 0.15) is 18.9 Å². The van der Waals surface area contributed by atoms with Gasteiger partial charge in [-0.2, -0.15) is 0 Å². The second-order valence-electron chi connectivity index (χ2n) is 5.42. The average Bonchev–Trinajstić information content (AvgIpc) is 2.57. The lowest BCUT2D eigenvalue weighted by Gasteiger charge is -2.17. The van der Waals surface area contributed by atoms with Crippen LogP contribution in [0.5, 0.6) is 5.75 Å². The topological polar surface area (TPSA) is 40.2 Å². The van der Waals surface area contributed by atoms with Gasteiger partial charge in [-0.3, -0.25) is 4.90 Å². The SMILES string of the molecule is CCCOCCOCCOCCN(C)Cc1ccc(OC)cc1. The van der Waals surface area contributed by atoms with Crippen molar-refractivity contribution in [3.8, 4) is 5.75 Å². The fourth-order valence-electron chi connectivity index (χ4n) is 2.03. The first kappa shape index (κ1) is 19.9. The first-order valence-corrected chi connectivity index (χ1v) is 8.31. The molecule has 0 bridgehead atoms. The fraction of sp³-hybridized carbons (Fsp3) is 0.667. The molecule has 0 aliphatic carbocycles. The highest BCUT2D eigenvalue weighted by Gasteiger charge is 2.01. The second-order valence-corrected chi connectivity index (χ2v) is 5.42. The summed E-state index contributed by atoms with van der Waals surface area (Å²) in [5.41, 5.74) is 1.27. The van der Waals surface area contributed by atoms with Crippen molar-refractivity contribution in [1.29, 1.82) is 0 Å². The van der Waals surface area contributed by atoms with E-state index in [0.29, 0.717) is 33.0 Å². The molecule has 5 heteroatoms. The van der Waals surface area contributed by atoms with E-state index in [0.717, 1.165) is 31.9 Å². The summed E-state index contributed by atoms with van der Waals surface area (Å²) in [6.45, 7) is 7.97. The molecule has 1 rings (SSSR count). The summed E-state index contributed by atoms with van der Waals surface area (Å²) in [5.74, 6) is 0.889. The van der Waals surface area contributed by atoms with E-state index in [-0.39, 0.29) is 0 Å². The number of rotatable bonds is 14. The average molecular weight is 325 g/mol. The van der Waals surface area contributed by atoms with Crippen molar-refractivity contribution < 1.29 is 18.9 Å². The molecule has 0 aromatic heterocycles. The van der Waals surface area contributed by atoms with Gasteiger partial charge in [0.15, 0.2) is 0 Å². The Balaban J connectivity index is 1.96. The molecule has 1 aromatic carbocycles. The van der Waals surface area contributed by atoms with Crippen LogP contribution in [0, 0.1) is 0 Å². The van der Waals surface area contributed by atoms with Crippen LogP contribution in [0.2, 0.25) is 0 Å². The maximum atomic E-state index is 5.58. The summed E-state index contributed by atoms with van der Waals surface area (Å²) in [4.78, 5) is 2.24. The Morgan fingerprint density at radius 2 is 1.39 bits per heavy atom. The van der Waals surface area contributed by atoms with Crippen molar-refractivity contribution >= 4 is 0 Å². The van der Waals surface area contributed by atoms with Crippen molar-refractivity contribution in [2.45, 2.75) is 19.9 Å². The summed E-state index contributed by atoms with van der Waals surface area (Å²) in [6, 6.07) is 8.15. The maximum absolute atomic E-state index is 5.58. The molecule has 0 saturated heterocycles. The zero-order valence-corrected chi connectivity index (χ0v) is 14.8. The number of hydrogen-bond donors (Lipinski definition) is 0. The molecular weight excluding hydrogens is 294 g/mol. The van der Waals surface area contributed by atoms with Crippen LogP contribution < -0.4 is 4.74 Å². The van der Waals surface area contributed by atoms with Gasteiger partial charge in [-0.1, -0.05) is 19.1 Å². The number of ether oxygens (including phenoxy) is 4. The lowest BCUT2D eigenvalue weighted by atomic mass is 10.2. The normalized spacial score (nSPS) is 11.1. The highest BCUT2D eigenvalue weighted by molar-refractivity contribution is 5.26. The van der Waals surface area contributed by atoms with Gasteiger partial charge in [0, 0.05) is 19.7 Å². The molecule has 0 unspecified atom stereocenters. The molecule has 23 heavy (non-hydrogen) atoms. The van der Waals surface area contributed by atoms with E-state index in [1.807, 2.05) is 12.1 Å². The molecule has 0 fully saturated rings. The van der Waals surface area contributed by atoms with E-state index >= 15 is 0 Å². The third-order valence-electron chi connectivity index (χ3n) is 3.32. The molecule has 5 nitrogen and oxygen atoms in total. The number of nitrogens with zero attached hydrogens (tertiary/aromatic N) is 1. The Bertz CT molecular complexity index is 383. The van der Waals surface area contributed by atoms with Gasteiger partial charge in [-0.25, -0.2) is 0 Å². The summed E-state index contributed by atoms with van der Waals surface area (Å²) in [5, 5.41) is 0. The van der Waals surface area contributed by atoms with Crippen LogP contribution >= 0.6 is 0 Å². The second kappa shape index (κ2) is 13.3. The molecule has 132 valence electrons. The van der Waals surface area contributed by atoms with Crippen molar-refractivity contribution in [3.63, 3.8) is 0 Å². The molecule has 0 radical (unpaired) electrons. The quantitative estimate of drug-likeness (QED) is 0.492. The molecule has 0 N–H and O–H groups in total. The van der Waals surface area contributed by atoms with Crippen molar-refractivity contribution in [2.24, 2.45) is 0 Å². The molecule has 0 amide bonds. The maximum Gasteiger partial charge on any atom is 0.118 e. The van der Waals surface area contributed by atoms with Crippen LogP contribution in [0.3, 0.4) is 0 Å². The molecule has 0 saturated carbocycles. The summed E-state index contributed by atoms with van der Waals surface area (Å²) in [6.07, 6.45) is 1.05. The van der Waals surface area contributed by atoms with E-state index in [9.17, 15) is 0 Å². The minimum absolute atomic E-state index is 0.623. The minimum atomic E-state index is 0.623. The van der Waals surface area contributed by atoms with E-state index in [1.54, 1.807) is 7.11 Å². The van der Waals surface area contributed by atoms with Crippen molar-refractivity contribution in [1.82, 2.24) is 4.90 Å². The summed E-state index contributed by atoms with van der Waals surface area (Å²) < 4.78 is 21.5. The van der Waals surface area contributed by atoms with Gasteiger partial charge >= 0.3 is 0 Å². The van der Waals surface area contributed by atoms with E-state index in [4.69, 9.17) is 18.9 Å². The lowest BCUT2D eigenvalue weighted by Crippen LogP contribution is -2.23. The third kappa shape index (κ3) is 10.3. The predicted molar refractivity (Wildman–Crippen MR) is 92.1 cm³/mol. The van der Waals surface area contributed by atoms with Gasteiger partial charge in [0.25, 0.3) is 0 Å². The summed E-state index contributed by atoms with van der Waals surface area (Å²) in [7, 11) is 3.77. The first-order chi connectivity index (χ1) is 11.3. The minimum Gasteiger partial charge on any atom is -0.497 e. The van der Waals surface area contributed by atoms with Crippen molar-refractivity contribution in [2.75, 3.05) is 60.3 Å². The van der Waals surface area contributed by atoms with Gasteiger partial charge < -0.3 is 18.9 Å². The predicted octanol–water partition coefficient (Wildman–Crippen LogP) is 2.59. The molecular formula is C18H31NO4. The molecule has 0 heterocycles.